The molecule has 0 aliphatic rings. The lowest BCUT2D eigenvalue weighted by Crippen LogP contribution is -2.12. The number of aromatic hydroxyl groups is 1. The van der Waals surface area contributed by atoms with Gasteiger partial charge < -0.3 is 19.9 Å². The summed E-state index contributed by atoms with van der Waals surface area (Å²) < 4.78 is 1.84. The predicted molar refractivity (Wildman–Crippen MR) is 71.3 cm³/mol. The molecule has 0 amide bonds. The quantitative estimate of drug-likeness (QED) is 0.793. The first-order valence-corrected chi connectivity index (χ1v) is 6.09. The lowest BCUT2D eigenvalue weighted by molar-refractivity contribution is -0.146. The fraction of sp³-hybridized carbons (Fsp3) is 0.357. The SMILES string of the molecule is Cc1c(C(O)C(=O)O)c2cccc(O)c2n1C(C)C. The number of carbonyl (C=O) groups is 1. The molecule has 0 saturated heterocycles. The van der Waals surface area contributed by atoms with Crippen LogP contribution in [0.3, 0.4) is 0 Å². The van der Waals surface area contributed by atoms with Crippen molar-refractivity contribution >= 4 is 16.9 Å². The summed E-state index contributed by atoms with van der Waals surface area (Å²) in [6.45, 7) is 5.63. The van der Waals surface area contributed by atoms with Crippen LogP contribution in [0.5, 0.6) is 5.75 Å². The molecule has 0 aliphatic heterocycles. The molecule has 102 valence electrons. The van der Waals surface area contributed by atoms with Gasteiger partial charge in [0, 0.05) is 22.7 Å². The van der Waals surface area contributed by atoms with E-state index in [1.807, 2.05) is 18.4 Å². The van der Waals surface area contributed by atoms with Crippen LogP contribution in [0.1, 0.15) is 37.3 Å². The maximum Gasteiger partial charge on any atom is 0.337 e. The number of rotatable bonds is 3. The number of aliphatic hydroxyl groups is 1. The number of para-hydroxylation sites is 1. The number of aliphatic hydroxyl groups excluding tert-OH is 1. The lowest BCUT2D eigenvalue weighted by Gasteiger charge is -2.13. The van der Waals surface area contributed by atoms with Crippen LogP contribution in [-0.2, 0) is 4.79 Å². The standard InChI is InChI=1S/C14H17NO4/c1-7(2)15-8(3)11(13(17)14(18)19)9-5-4-6-10(16)12(9)15/h4-7,13,16-17H,1-3H3,(H,18,19). The summed E-state index contributed by atoms with van der Waals surface area (Å²) in [6, 6.07) is 4.95. The Hall–Kier alpha value is -2.01. The van der Waals surface area contributed by atoms with Crippen molar-refractivity contribution in [3.63, 3.8) is 0 Å². The first kappa shape index (κ1) is 13.4. The van der Waals surface area contributed by atoms with Crippen LogP contribution in [0, 0.1) is 6.92 Å². The van der Waals surface area contributed by atoms with Gasteiger partial charge in [0.05, 0.1) is 5.52 Å². The summed E-state index contributed by atoms with van der Waals surface area (Å²) in [7, 11) is 0. The van der Waals surface area contributed by atoms with Crippen molar-refractivity contribution in [1.82, 2.24) is 4.57 Å². The molecule has 1 unspecified atom stereocenters. The number of nitrogens with zero attached hydrogens (tertiary/aromatic N) is 1. The van der Waals surface area contributed by atoms with Crippen LogP contribution < -0.4 is 0 Å². The smallest absolute Gasteiger partial charge is 0.337 e. The summed E-state index contributed by atoms with van der Waals surface area (Å²) in [5.74, 6) is -1.22. The van der Waals surface area contributed by atoms with Gasteiger partial charge in [-0.15, -0.1) is 0 Å². The number of aliphatic carboxylic acids is 1. The average Bonchev–Trinajstić information content (AvgIpc) is 2.62. The minimum absolute atomic E-state index is 0.0468. The Morgan fingerprint density at radius 1 is 1.32 bits per heavy atom. The van der Waals surface area contributed by atoms with Crippen molar-refractivity contribution in [2.75, 3.05) is 0 Å². The molecule has 0 aliphatic carbocycles. The zero-order chi connectivity index (χ0) is 14.3. The van der Waals surface area contributed by atoms with E-state index in [0.717, 1.165) is 0 Å². The summed E-state index contributed by atoms with van der Waals surface area (Å²) >= 11 is 0. The van der Waals surface area contributed by atoms with Gasteiger partial charge >= 0.3 is 5.97 Å². The molecule has 1 aromatic heterocycles. The predicted octanol–water partition coefficient (Wildman–Crippen LogP) is 2.35. The van der Waals surface area contributed by atoms with Gasteiger partial charge in [0.1, 0.15) is 5.75 Å². The Morgan fingerprint density at radius 2 is 1.95 bits per heavy atom. The summed E-state index contributed by atoms with van der Waals surface area (Å²) in [5.41, 5.74) is 1.55. The van der Waals surface area contributed by atoms with Gasteiger partial charge in [-0.25, -0.2) is 4.79 Å². The fourth-order valence-corrected chi connectivity index (χ4v) is 2.61. The molecule has 2 aromatic rings. The van der Waals surface area contributed by atoms with Crippen molar-refractivity contribution < 1.29 is 20.1 Å². The zero-order valence-corrected chi connectivity index (χ0v) is 11.1. The van der Waals surface area contributed by atoms with Crippen molar-refractivity contribution in [2.24, 2.45) is 0 Å². The third-order valence-corrected chi connectivity index (χ3v) is 3.32. The van der Waals surface area contributed by atoms with Crippen LogP contribution in [0.2, 0.25) is 0 Å². The number of hydrogen-bond donors (Lipinski definition) is 3. The molecule has 0 fully saturated rings. The molecule has 1 heterocycles. The number of aromatic nitrogens is 1. The number of fused-ring (bicyclic) bond motifs is 1. The molecule has 1 atom stereocenters. The van der Waals surface area contributed by atoms with E-state index < -0.39 is 12.1 Å². The highest BCUT2D eigenvalue weighted by Gasteiger charge is 2.26. The minimum atomic E-state index is -1.59. The van der Waals surface area contributed by atoms with Crippen molar-refractivity contribution in [3.8, 4) is 5.75 Å². The van der Waals surface area contributed by atoms with Crippen molar-refractivity contribution in [2.45, 2.75) is 32.9 Å². The molecule has 0 spiro atoms. The molecule has 5 nitrogen and oxygen atoms in total. The fourth-order valence-electron chi connectivity index (χ4n) is 2.61. The Bertz CT molecular complexity index is 642. The normalized spacial score (nSPS) is 13.1. The number of benzene rings is 1. The van der Waals surface area contributed by atoms with Crippen LogP contribution >= 0.6 is 0 Å². The Morgan fingerprint density at radius 3 is 2.47 bits per heavy atom. The Balaban J connectivity index is 2.89. The van der Waals surface area contributed by atoms with Gasteiger partial charge in [0.2, 0.25) is 0 Å². The molecule has 0 saturated carbocycles. The summed E-state index contributed by atoms with van der Waals surface area (Å²) in [6.07, 6.45) is -1.59. The van der Waals surface area contributed by atoms with Gasteiger partial charge in [0.15, 0.2) is 6.10 Å². The Labute approximate surface area is 110 Å². The molecular weight excluding hydrogens is 246 g/mol. The van der Waals surface area contributed by atoms with E-state index in [1.54, 1.807) is 25.1 Å². The molecule has 19 heavy (non-hydrogen) atoms. The molecule has 5 heteroatoms. The van der Waals surface area contributed by atoms with E-state index in [9.17, 15) is 15.0 Å². The molecule has 0 radical (unpaired) electrons. The monoisotopic (exact) mass is 263 g/mol. The molecule has 3 N–H and O–H groups in total. The molecule has 0 bridgehead atoms. The zero-order valence-electron chi connectivity index (χ0n) is 11.1. The number of phenols is 1. The van der Waals surface area contributed by atoms with Gasteiger partial charge in [0.25, 0.3) is 0 Å². The molecule has 2 rings (SSSR count). The van der Waals surface area contributed by atoms with Gasteiger partial charge in [-0.1, -0.05) is 12.1 Å². The van der Waals surface area contributed by atoms with E-state index in [-0.39, 0.29) is 11.8 Å². The maximum atomic E-state index is 11.0. The van der Waals surface area contributed by atoms with Gasteiger partial charge in [-0.05, 0) is 26.8 Å². The minimum Gasteiger partial charge on any atom is -0.506 e. The van der Waals surface area contributed by atoms with E-state index in [2.05, 4.69) is 0 Å². The molecular formula is C14H17NO4. The highest BCUT2D eigenvalue weighted by molar-refractivity contribution is 5.93. The van der Waals surface area contributed by atoms with Crippen LogP contribution in [0.25, 0.3) is 10.9 Å². The maximum absolute atomic E-state index is 11.0. The highest BCUT2D eigenvalue weighted by atomic mass is 16.4. The second-order valence-corrected chi connectivity index (χ2v) is 4.88. The second kappa shape index (κ2) is 4.59. The van der Waals surface area contributed by atoms with E-state index >= 15 is 0 Å². The lowest BCUT2D eigenvalue weighted by atomic mass is 10.1. The Kier molecular flexibility index (Phi) is 3.24. The summed E-state index contributed by atoms with van der Waals surface area (Å²) in [5, 5.41) is 29.5. The van der Waals surface area contributed by atoms with Gasteiger partial charge in [-0.2, -0.15) is 0 Å². The number of carboxylic acid groups (broad SMARTS) is 1. The first-order chi connectivity index (χ1) is 8.86. The number of phenolic OH excluding ortho intramolecular Hbond substituents is 1. The third kappa shape index (κ3) is 1.96. The number of carboxylic acids is 1. The van der Waals surface area contributed by atoms with E-state index in [4.69, 9.17) is 5.11 Å². The van der Waals surface area contributed by atoms with E-state index in [1.165, 1.54) is 0 Å². The van der Waals surface area contributed by atoms with Gasteiger partial charge in [-0.3, -0.25) is 0 Å². The average molecular weight is 263 g/mol. The molecule has 1 aromatic carbocycles. The van der Waals surface area contributed by atoms with Crippen LogP contribution in [0.4, 0.5) is 0 Å². The van der Waals surface area contributed by atoms with Crippen molar-refractivity contribution in [1.29, 1.82) is 0 Å². The van der Waals surface area contributed by atoms with Crippen molar-refractivity contribution in [3.05, 3.63) is 29.5 Å². The third-order valence-electron chi connectivity index (χ3n) is 3.32. The summed E-state index contributed by atoms with van der Waals surface area (Å²) in [4.78, 5) is 11.0. The van der Waals surface area contributed by atoms with Crippen LogP contribution in [0.15, 0.2) is 18.2 Å². The topological polar surface area (TPSA) is 82.7 Å². The van der Waals surface area contributed by atoms with E-state index in [0.29, 0.717) is 22.2 Å². The highest BCUT2D eigenvalue weighted by Crippen LogP contribution is 2.37. The number of hydrogen-bond acceptors (Lipinski definition) is 3. The largest absolute Gasteiger partial charge is 0.506 e. The van der Waals surface area contributed by atoms with Crippen LogP contribution in [-0.4, -0.2) is 25.9 Å². The first-order valence-electron chi connectivity index (χ1n) is 6.09. The second-order valence-electron chi connectivity index (χ2n) is 4.88.